The van der Waals surface area contributed by atoms with Gasteiger partial charge in [0.15, 0.2) is 0 Å². The van der Waals surface area contributed by atoms with Crippen molar-refractivity contribution < 1.29 is 23.5 Å². The number of halogens is 1. The fourth-order valence-electron chi connectivity index (χ4n) is 4.29. The van der Waals surface area contributed by atoms with Gasteiger partial charge in [-0.3, -0.25) is 9.59 Å². The lowest BCUT2D eigenvalue weighted by Gasteiger charge is -2.44. The largest absolute Gasteiger partial charge is 0.447 e. The van der Waals surface area contributed by atoms with E-state index in [4.69, 9.17) is 10.5 Å². The van der Waals surface area contributed by atoms with Gasteiger partial charge in [-0.15, -0.1) is 0 Å². The van der Waals surface area contributed by atoms with Gasteiger partial charge in [-0.1, -0.05) is 12.1 Å². The molecule has 35 heavy (non-hydrogen) atoms. The molecule has 3 amide bonds. The molecule has 186 valence electrons. The number of nitrogens with two attached hydrogens (primary N) is 1. The minimum atomic E-state index is -0.823. The third kappa shape index (κ3) is 5.52. The number of piperazine rings is 1. The zero-order valence-electron chi connectivity index (χ0n) is 20.0. The van der Waals surface area contributed by atoms with Crippen LogP contribution in [0.3, 0.4) is 0 Å². The topological polar surface area (TPSA) is 118 Å². The average molecular weight is 484 g/mol. The molecule has 2 aromatic rings. The summed E-state index contributed by atoms with van der Waals surface area (Å²) >= 11 is 0. The normalized spacial score (nSPS) is 20.0. The first kappa shape index (κ1) is 24.4. The highest BCUT2D eigenvalue weighted by molar-refractivity contribution is 6.39. The summed E-state index contributed by atoms with van der Waals surface area (Å²) in [6.07, 6.45) is 2.65. The van der Waals surface area contributed by atoms with Crippen molar-refractivity contribution in [3.63, 3.8) is 0 Å². The molecule has 0 bridgehead atoms. The van der Waals surface area contributed by atoms with Gasteiger partial charge in [-0.25, -0.2) is 14.2 Å². The fourth-order valence-corrected chi connectivity index (χ4v) is 4.29. The lowest BCUT2D eigenvalue weighted by molar-refractivity contribution is -0.147. The number of nitrogen functional groups attached to an aromatic ring is 1. The lowest BCUT2D eigenvalue weighted by Crippen LogP contribution is -2.58. The predicted molar refractivity (Wildman–Crippen MR) is 128 cm³/mol. The summed E-state index contributed by atoms with van der Waals surface area (Å²) in [4.78, 5) is 46.0. The number of ether oxygens (including phenoxy) is 1. The number of nitrogens with one attached hydrogen (secondary N) is 1. The number of hydrogen-bond acceptors (Lipinski definition) is 6. The average Bonchev–Trinajstić information content (AvgIpc) is 3.65. The van der Waals surface area contributed by atoms with Gasteiger partial charge in [0, 0.05) is 19.1 Å². The molecule has 2 aliphatic rings. The molecule has 0 unspecified atom stereocenters. The summed E-state index contributed by atoms with van der Waals surface area (Å²) in [7, 11) is 0. The van der Waals surface area contributed by atoms with Crippen LogP contribution in [0.1, 0.15) is 56.7 Å². The number of pyridine rings is 1. The van der Waals surface area contributed by atoms with E-state index < -0.39 is 35.8 Å². The molecular formula is C25H30FN5O4. The van der Waals surface area contributed by atoms with Crippen molar-refractivity contribution in [3.05, 3.63) is 53.5 Å². The van der Waals surface area contributed by atoms with Crippen molar-refractivity contribution in [3.8, 4) is 0 Å². The number of aromatic nitrogens is 1. The molecule has 1 aromatic carbocycles. The van der Waals surface area contributed by atoms with E-state index in [0.717, 1.165) is 18.4 Å². The predicted octanol–water partition coefficient (Wildman–Crippen LogP) is 3.44. The number of nitrogens with zero attached hydrogens (tertiary/aromatic N) is 3. The molecule has 1 saturated carbocycles. The third-order valence-electron chi connectivity index (χ3n) is 6.24. The minimum absolute atomic E-state index is 0.104. The lowest BCUT2D eigenvalue weighted by atomic mass is 9.99. The highest BCUT2D eigenvalue weighted by atomic mass is 19.1. The molecule has 4 rings (SSSR count). The zero-order valence-corrected chi connectivity index (χ0v) is 20.0. The van der Waals surface area contributed by atoms with Gasteiger partial charge in [0.1, 0.15) is 11.6 Å². The number of carbonyl (C=O) groups excluding carboxylic acids is 3. The quantitative estimate of drug-likeness (QED) is 0.644. The number of anilines is 2. The van der Waals surface area contributed by atoms with Gasteiger partial charge in [-0.05, 0) is 68.9 Å². The summed E-state index contributed by atoms with van der Waals surface area (Å²) in [6, 6.07) is 6.37. The molecule has 9 nitrogen and oxygen atoms in total. The number of amides is 3. The van der Waals surface area contributed by atoms with Crippen LogP contribution in [0.15, 0.2) is 36.5 Å². The van der Waals surface area contributed by atoms with Crippen LogP contribution < -0.4 is 11.1 Å². The van der Waals surface area contributed by atoms with Gasteiger partial charge < -0.3 is 25.6 Å². The van der Waals surface area contributed by atoms with Crippen molar-refractivity contribution >= 4 is 29.4 Å². The van der Waals surface area contributed by atoms with Crippen LogP contribution >= 0.6 is 0 Å². The van der Waals surface area contributed by atoms with Crippen molar-refractivity contribution in [2.75, 3.05) is 24.1 Å². The molecule has 2 fully saturated rings. The molecule has 10 heteroatoms. The van der Waals surface area contributed by atoms with E-state index in [0.29, 0.717) is 23.0 Å². The molecule has 1 aromatic heterocycles. The molecule has 3 N–H and O–H groups in total. The van der Waals surface area contributed by atoms with E-state index >= 15 is 0 Å². The Kier molecular flexibility index (Phi) is 6.90. The first-order chi connectivity index (χ1) is 16.6. The summed E-state index contributed by atoms with van der Waals surface area (Å²) < 4.78 is 18.9. The molecule has 1 aliphatic carbocycles. The van der Waals surface area contributed by atoms with Gasteiger partial charge in [0.2, 0.25) is 0 Å². The Labute approximate surface area is 203 Å². The third-order valence-corrected chi connectivity index (χ3v) is 6.24. The van der Waals surface area contributed by atoms with Gasteiger partial charge >= 0.3 is 17.9 Å². The second kappa shape index (κ2) is 9.89. The molecule has 1 saturated heterocycles. The van der Waals surface area contributed by atoms with Crippen LogP contribution in [-0.4, -0.2) is 57.9 Å². The second-order valence-corrected chi connectivity index (χ2v) is 9.39. The highest BCUT2D eigenvalue weighted by Gasteiger charge is 2.40. The summed E-state index contributed by atoms with van der Waals surface area (Å²) in [5.74, 6) is -1.25. The Balaban J connectivity index is 1.56. The maximum Gasteiger partial charge on any atom is 0.410 e. The first-order valence-corrected chi connectivity index (χ1v) is 11.7. The van der Waals surface area contributed by atoms with E-state index in [1.165, 1.54) is 28.1 Å². The first-order valence-electron chi connectivity index (χ1n) is 11.7. The second-order valence-electron chi connectivity index (χ2n) is 9.39. The van der Waals surface area contributed by atoms with Crippen LogP contribution in [0.4, 0.5) is 20.7 Å². The van der Waals surface area contributed by atoms with E-state index in [1.54, 1.807) is 39.0 Å². The van der Waals surface area contributed by atoms with Crippen molar-refractivity contribution in [1.82, 2.24) is 14.8 Å². The number of hydrogen-bond donors (Lipinski definition) is 2. The standard InChI is InChI=1S/C25H30FN5O4/c1-14(2)35-25(34)30-13-21(17-6-8-18(26)9-7-17)31(12-15(30)3)24(33)23(32)29-19-10-20(16-4-5-16)22(27)28-11-19/h6-11,14-16,21H,4-5,12-13H2,1-3H3,(H2,27,28)(H,29,32)/t15-,21+/m0/s1. The summed E-state index contributed by atoms with van der Waals surface area (Å²) in [5, 5.41) is 2.63. The van der Waals surface area contributed by atoms with Gasteiger partial charge in [-0.2, -0.15) is 0 Å². The molecule has 2 atom stereocenters. The minimum Gasteiger partial charge on any atom is -0.447 e. The SMILES string of the molecule is CC(C)OC(=O)N1C[C@H](c2ccc(F)cc2)N(C(=O)C(=O)Nc2cnc(N)c(C3CC3)c2)C[C@@H]1C. The van der Waals surface area contributed by atoms with Crippen LogP contribution in [0.25, 0.3) is 0 Å². The maximum atomic E-state index is 13.6. The summed E-state index contributed by atoms with van der Waals surface area (Å²) in [5.41, 5.74) is 7.81. The highest BCUT2D eigenvalue weighted by Crippen LogP contribution is 2.42. The molecular weight excluding hydrogens is 453 g/mol. The Morgan fingerprint density at radius 1 is 1.14 bits per heavy atom. The molecule has 1 aliphatic heterocycles. The smallest absolute Gasteiger partial charge is 0.410 e. The maximum absolute atomic E-state index is 13.6. The molecule has 0 radical (unpaired) electrons. The number of carbonyl (C=O) groups is 3. The fraction of sp³-hybridized carbons (Fsp3) is 0.440. The van der Waals surface area contributed by atoms with Crippen molar-refractivity contribution in [1.29, 1.82) is 0 Å². The van der Waals surface area contributed by atoms with Crippen LogP contribution in [-0.2, 0) is 14.3 Å². The number of rotatable bonds is 4. The Morgan fingerprint density at radius 3 is 2.46 bits per heavy atom. The van der Waals surface area contributed by atoms with Gasteiger partial charge in [0.25, 0.3) is 0 Å². The zero-order chi connectivity index (χ0) is 25.3. The van der Waals surface area contributed by atoms with Crippen LogP contribution in [0, 0.1) is 5.82 Å². The monoisotopic (exact) mass is 483 g/mol. The van der Waals surface area contributed by atoms with Crippen molar-refractivity contribution in [2.24, 2.45) is 0 Å². The van der Waals surface area contributed by atoms with E-state index in [9.17, 15) is 18.8 Å². The van der Waals surface area contributed by atoms with Crippen LogP contribution in [0.5, 0.6) is 0 Å². The van der Waals surface area contributed by atoms with Crippen LogP contribution in [0.2, 0.25) is 0 Å². The Morgan fingerprint density at radius 2 is 1.83 bits per heavy atom. The Bertz CT molecular complexity index is 1120. The molecule has 2 heterocycles. The van der Waals surface area contributed by atoms with E-state index in [1.807, 2.05) is 0 Å². The van der Waals surface area contributed by atoms with Crippen molar-refractivity contribution in [2.45, 2.75) is 57.7 Å². The number of benzene rings is 1. The molecule has 0 spiro atoms. The van der Waals surface area contributed by atoms with E-state index in [-0.39, 0.29) is 19.2 Å². The summed E-state index contributed by atoms with van der Waals surface area (Å²) in [6.45, 7) is 5.50. The van der Waals surface area contributed by atoms with E-state index in [2.05, 4.69) is 10.3 Å². The Hall–Kier alpha value is -3.69. The van der Waals surface area contributed by atoms with Gasteiger partial charge in [0.05, 0.1) is 24.0 Å².